The first-order valence-corrected chi connectivity index (χ1v) is 8.68. The van der Waals surface area contributed by atoms with E-state index in [4.69, 9.17) is 9.84 Å². The van der Waals surface area contributed by atoms with Gasteiger partial charge in [0.05, 0.1) is 12.7 Å². The first kappa shape index (κ1) is 21.5. The summed E-state index contributed by atoms with van der Waals surface area (Å²) in [5, 5.41) is 12.4. The van der Waals surface area contributed by atoms with Crippen LogP contribution in [0.15, 0.2) is 54.6 Å². The molecule has 0 aliphatic rings. The van der Waals surface area contributed by atoms with Gasteiger partial charge in [-0.3, -0.25) is 0 Å². The molecule has 0 amide bonds. The SMILES string of the molecule is CC(O)CNCCCOc1ccc(C(C)(C)c2ccccc2)cc1.[Cl-]. The summed E-state index contributed by atoms with van der Waals surface area (Å²) in [6, 6.07) is 18.9. The van der Waals surface area contributed by atoms with Gasteiger partial charge in [-0.15, -0.1) is 0 Å². The van der Waals surface area contributed by atoms with Crippen molar-refractivity contribution in [2.75, 3.05) is 19.7 Å². The molecule has 2 aromatic rings. The van der Waals surface area contributed by atoms with Crippen LogP contribution in [0.2, 0.25) is 0 Å². The zero-order valence-corrected chi connectivity index (χ0v) is 16.1. The summed E-state index contributed by atoms with van der Waals surface area (Å²) in [7, 11) is 0. The Kier molecular flexibility index (Phi) is 8.98. The molecular weight excluding hydrogens is 334 g/mol. The smallest absolute Gasteiger partial charge is 0.119 e. The molecule has 0 aliphatic heterocycles. The molecular formula is C21H29ClNO2-. The van der Waals surface area contributed by atoms with Gasteiger partial charge in [-0.2, -0.15) is 0 Å². The minimum Gasteiger partial charge on any atom is -1.00 e. The van der Waals surface area contributed by atoms with E-state index in [0.717, 1.165) is 18.7 Å². The number of aliphatic hydroxyl groups is 1. The number of rotatable bonds is 9. The van der Waals surface area contributed by atoms with Crippen LogP contribution in [0.4, 0.5) is 0 Å². The predicted octanol–water partition coefficient (Wildman–Crippen LogP) is 0.756. The van der Waals surface area contributed by atoms with Crippen molar-refractivity contribution in [2.45, 2.75) is 38.7 Å². The Labute approximate surface area is 157 Å². The van der Waals surface area contributed by atoms with Crippen LogP contribution in [0.5, 0.6) is 5.75 Å². The van der Waals surface area contributed by atoms with E-state index in [2.05, 4.69) is 55.6 Å². The van der Waals surface area contributed by atoms with E-state index in [1.807, 2.05) is 18.2 Å². The van der Waals surface area contributed by atoms with E-state index >= 15 is 0 Å². The fraction of sp³-hybridized carbons (Fsp3) is 0.429. The minimum absolute atomic E-state index is 0. The van der Waals surface area contributed by atoms with Gasteiger partial charge in [0.1, 0.15) is 5.75 Å². The molecule has 1 atom stereocenters. The van der Waals surface area contributed by atoms with Crippen LogP contribution in [-0.2, 0) is 5.41 Å². The molecule has 2 N–H and O–H groups in total. The molecule has 0 radical (unpaired) electrons. The average Bonchev–Trinajstić information content (AvgIpc) is 2.59. The minimum atomic E-state index is -0.300. The first-order chi connectivity index (χ1) is 11.5. The van der Waals surface area contributed by atoms with E-state index in [9.17, 15) is 0 Å². The Hall–Kier alpha value is -1.55. The summed E-state index contributed by atoms with van der Waals surface area (Å²) < 4.78 is 5.78. The monoisotopic (exact) mass is 362 g/mol. The van der Waals surface area contributed by atoms with E-state index in [-0.39, 0.29) is 23.9 Å². The Morgan fingerprint density at radius 3 is 2.20 bits per heavy atom. The quantitative estimate of drug-likeness (QED) is 0.647. The molecule has 25 heavy (non-hydrogen) atoms. The third-order valence-corrected chi connectivity index (χ3v) is 4.28. The molecule has 138 valence electrons. The van der Waals surface area contributed by atoms with Gasteiger partial charge in [-0.1, -0.05) is 56.3 Å². The molecule has 0 spiro atoms. The maximum absolute atomic E-state index is 9.17. The summed E-state index contributed by atoms with van der Waals surface area (Å²) >= 11 is 0. The van der Waals surface area contributed by atoms with E-state index < -0.39 is 0 Å². The molecule has 0 aliphatic carbocycles. The Morgan fingerprint density at radius 1 is 1.00 bits per heavy atom. The number of benzene rings is 2. The topological polar surface area (TPSA) is 41.5 Å². The number of nitrogens with one attached hydrogen (secondary N) is 1. The van der Waals surface area contributed by atoms with Crippen molar-refractivity contribution in [2.24, 2.45) is 0 Å². The fourth-order valence-corrected chi connectivity index (χ4v) is 2.69. The molecule has 0 bridgehead atoms. The molecule has 0 aromatic heterocycles. The fourth-order valence-electron chi connectivity index (χ4n) is 2.69. The summed E-state index contributed by atoms with van der Waals surface area (Å²) in [6.45, 7) is 8.42. The standard InChI is InChI=1S/C21H29NO2.ClH/c1-17(23)16-22-14-7-15-24-20-12-10-19(11-13-20)21(2,3)18-8-5-4-6-9-18;/h4-6,8-13,17,22-23H,7,14-16H2,1-3H3;1H/p-1. The lowest BCUT2D eigenvalue weighted by atomic mass is 9.78. The highest BCUT2D eigenvalue weighted by molar-refractivity contribution is 5.39. The van der Waals surface area contributed by atoms with Crippen molar-refractivity contribution in [3.05, 3.63) is 65.7 Å². The van der Waals surface area contributed by atoms with Gasteiger partial charge in [0.15, 0.2) is 0 Å². The maximum Gasteiger partial charge on any atom is 0.119 e. The molecule has 3 nitrogen and oxygen atoms in total. The zero-order valence-electron chi connectivity index (χ0n) is 15.3. The second-order valence-corrected chi connectivity index (χ2v) is 6.77. The molecule has 0 saturated carbocycles. The van der Waals surface area contributed by atoms with Gasteiger partial charge in [-0.25, -0.2) is 0 Å². The average molecular weight is 363 g/mol. The number of halogens is 1. The van der Waals surface area contributed by atoms with Crippen LogP contribution < -0.4 is 22.5 Å². The lowest BCUT2D eigenvalue weighted by Crippen LogP contribution is -3.00. The third kappa shape index (κ3) is 6.69. The summed E-state index contributed by atoms with van der Waals surface area (Å²) in [4.78, 5) is 0. The van der Waals surface area contributed by atoms with Gasteiger partial charge >= 0.3 is 0 Å². The predicted molar refractivity (Wildman–Crippen MR) is 99.7 cm³/mol. The highest BCUT2D eigenvalue weighted by Gasteiger charge is 2.22. The zero-order chi connectivity index (χ0) is 17.4. The second kappa shape index (κ2) is 10.4. The van der Waals surface area contributed by atoms with Gasteiger partial charge in [0.25, 0.3) is 0 Å². The second-order valence-electron chi connectivity index (χ2n) is 6.77. The summed E-state index contributed by atoms with van der Waals surface area (Å²) in [5.74, 6) is 0.901. The van der Waals surface area contributed by atoms with Crippen LogP contribution in [0.3, 0.4) is 0 Å². The first-order valence-electron chi connectivity index (χ1n) is 8.68. The molecule has 0 saturated heterocycles. The van der Waals surface area contributed by atoms with Gasteiger partial charge in [-0.05, 0) is 43.1 Å². The van der Waals surface area contributed by atoms with Gasteiger partial charge in [0, 0.05) is 12.0 Å². The molecule has 2 rings (SSSR count). The van der Waals surface area contributed by atoms with Crippen LogP contribution in [0, 0.1) is 0 Å². The van der Waals surface area contributed by atoms with Gasteiger partial charge < -0.3 is 27.6 Å². The van der Waals surface area contributed by atoms with Crippen molar-refractivity contribution < 1.29 is 22.3 Å². The van der Waals surface area contributed by atoms with Crippen molar-refractivity contribution >= 4 is 0 Å². The lowest BCUT2D eigenvalue weighted by Gasteiger charge is -2.26. The van der Waals surface area contributed by atoms with Crippen LogP contribution in [0.1, 0.15) is 38.3 Å². The van der Waals surface area contributed by atoms with Gasteiger partial charge in [0.2, 0.25) is 0 Å². The molecule has 4 heteroatoms. The van der Waals surface area contributed by atoms with Crippen LogP contribution in [-0.4, -0.2) is 30.9 Å². The number of aliphatic hydroxyl groups excluding tert-OH is 1. The number of ether oxygens (including phenoxy) is 1. The largest absolute Gasteiger partial charge is 1.00 e. The number of hydrogen-bond donors (Lipinski definition) is 2. The highest BCUT2D eigenvalue weighted by Crippen LogP contribution is 2.32. The molecule has 0 fully saturated rings. The summed E-state index contributed by atoms with van der Waals surface area (Å²) in [6.07, 6.45) is 0.621. The Balaban J connectivity index is 0.00000312. The summed E-state index contributed by atoms with van der Waals surface area (Å²) in [5.41, 5.74) is 2.56. The van der Waals surface area contributed by atoms with Crippen molar-refractivity contribution in [1.29, 1.82) is 0 Å². The molecule has 1 unspecified atom stereocenters. The Bertz CT molecular complexity index is 597. The Morgan fingerprint density at radius 2 is 1.60 bits per heavy atom. The van der Waals surface area contributed by atoms with Crippen LogP contribution in [0.25, 0.3) is 0 Å². The highest BCUT2D eigenvalue weighted by atomic mass is 35.5. The number of hydrogen-bond acceptors (Lipinski definition) is 3. The van der Waals surface area contributed by atoms with Crippen molar-refractivity contribution in [1.82, 2.24) is 5.32 Å². The molecule has 2 aromatic carbocycles. The van der Waals surface area contributed by atoms with E-state index in [0.29, 0.717) is 13.2 Å². The third-order valence-electron chi connectivity index (χ3n) is 4.28. The van der Waals surface area contributed by atoms with Crippen molar-refractivity contribution in [3.8, 4) is 5.75 Å². The molecule has 0 heterocycles. The lowest BCUT2D eigenvalue weighted by molar-refractivity contribution is -0.00000776. The van der Waals surface area contributed by atoms with E-state index in [1.165, 1.54) is 11.1 Å². The maximum atomic E-state index is 9.17. The normalized spacial score (nSPS) is 12.3. The van der Waals surface area contributed by atoms with E-state index in [1.54, 1.807) is 6.92 Å². The van der Waals surface area contributed by atoms with Crippen molar-refractivity contribution in [3.63, 3.8) is 0 Å². The van der Waals surface area contributed by atoms with Crippen LogP contribution >= 0.6 is 0 Å².